The van der Waals surface area contributed by atoms with Crippen LogP contribution in [0.4, 0.5) is 0 Å². The molecule has 270 valence electrons. The monoisotopic (exact) mass is 671 g/mol. The maximum atomic E-state index is 12.7. The van der Waals surface area contributed by atoms with Crippen molar-refractivity contribution in [3.63, 3.8) is 0 Å². The fourth-order valence-corrected chi connectivity index (χ4v) is 5.53. The molecule has 0 aromatic carbocycles. The maximum absolute atomic E-state index is 12.7. The molecule has 0 bridgehead atoms. The van der Waals surface area contributed by atoms with Gasteiger partial charge in [-0.2, -0.15) is 0 Å². The van der Waals surface area contributed by atoms with E-state index >= 15 is 0 Å². The van der Waals surface area contributed by atoms with Crippen LogP contribution in [0.5, 0.6) is 0 Å². The molecule has 0 aliphatic heterocycles. The van der Waals surface area contributed by atoms with Gasteiger partial charge in [0.2, 0.25) is 5.91 Å². The van der Waals surface area contributed by atoms with Crippen LogP contribution in [-0.4, -0.2) is 68.5 Å². The minimum Gasteiger partial charge on any atom is -0.756 e. The van der Waals surface area contributed by atoms with Gasteiger partial charge in [-0.1, -0.05) is 115 Å². The number of nitrogens with one attached hydrogen (secondary N) is 1. The zero-order valence-corrected chi connectivity index (χ0v) is 31.2. The number of likely N-dealkylation sites (N-methyl/N-ethyl adjacent to an activating group) is 1. The van der Waals surface area contributed by atoms with Crippen molar-refractivity contribution in [1.29, 1.82) is 0 Å². The van der Waals surface area contributed by atoms with Crippen LogP contribution in [0, 0.1) is 0 Å². The van der Waals surface area contributed by atoms with Crippen molar-refractivity contribution in [1.82, 2.24) is 5.32 Å². The molecular formula is C37H71N2O6P. The summed E-state index contributed by atoms with van der Waals surface area (Å²) in [7, 11) is 1.23. The summed E-state index contributed by atoms with van der Waals surface area (Å²) < 4.78 is 23.0. The van der Waals surface area contributed by atoms with Crippen molar-refractivity contribution in [2.75, 3.05) is 40.9 Å². The number of hydrogen-bond donors (Lipinski definition) is 2. The molecule has 0 heterocycles. The average Bonchev–Trinajstić information content (AvgIpc) is 2.99. The SMILES string of the molecule is CCCCC/C=C/CC/C=C/C(O)C(COP(=O)([O-])OCC[N+](C)(C)C)NC(=O)CCCCCCCCC/C=C\CCCCCC. The van der Waals surface area contributed by atoms with Crippen molar-refractivity contribution in [2.45, 2.75) is 154 Å². The molecule has 0 aromatic heterocycles. The van der Waals surface area contributed by atoms with Gasteiger partial charge in [0.15, 0.2) is 0 Å². The molecule has 1 amide bonds. The summed E-state index contributed by atoms with van der Waals surface area (Å²) in [4.78, 5) is 25.1. The molecule has 0 spiro atoms. The van der Waals surface area contributed by atoms with Gasteiger partial charge in [0.05, 0.1) is 39.9 Å². The lowest BCUT2D eigenvalue weighted by molar-refractivity contribution is -0.870. The van der Waals surface area contributed by atoms with E-state index in [1.807, 2.05) is 27.2 Å². The Labute approximate surface area is 283 Å². The number of carbonyl (C=O) groups excluding carboxylic acids is 1. The van der Waals surface area contributed by atoms with E-state index in [0.29, 0.717) is 17.4 Å². The molecule has 9 heteroatoms. The van der Waals surface area contributed by atoms with E-state index < -0.39 is 26.6 Å². The summed E-state index contributed by atoms with van der Waals surface area (Å²) in [6.07, 6.45) is 33.4. The summed E-state index contributed by atoms with van der Waals surface area (Å²) >= 11 is 0. The van der Waals surface area contributed by atoms with Gasteiger partial charge in [-0.15, -0.1) is 0 Å². The largest absolute Gasteiger partial charge is 0.756 e. The summed E-state index contributed by atoms with van der Waals surface area (Å²) in [5.41, 5.74) is 0. The molecule has 0 radical (unpaired) electrons. The predicted molar refractivity (Wildman–Crippen MR) is 191 cm³/mol. The predicted octanol–water partition coefficient (Wildman–Crippen LogP) is 8.55. The van der Waals surface area contributed by atoms with Gasteiger partial charge in [0.1, 0.15) is 13.2 Å². The third kappa shape index (κ3) is 31.3. The third-order valence-electron chi connectivity index (χ3n) is 7.82. The first kappa shape index (κ1) is 44.7. The van der Waals surface area contributed by atoms with Crippen molar-refractivity contribution in [3.05, 3.63) is 36.5 Å². The van der Waals surface area contributed by atoms with Gasteiger partial charge >= 0.3 is 0 Å². The normalized spacial score (nSPS) is 15.2. The highest BCUT2D eigenvalue weighted by Gasteiger charge is 2.23. The van der Waals surface area contributed by atoms with Gasteiger partial charge in [0, 0.05) is 6.42 Å². The Morgan fingerprint density at radius 3 is 1.80 bits per heavy atom. The second-order valence-electron chi connectivity index (χ2n) is 13.6. The van der Waals surface area contributed by atoms with Crippen molar-refractivity contribution in [3.8, 4) is 0 Å². The fraction of sp³-hybridized carbons (Fsp3) is 0.811. The zero-order chi connectivity index (χ0) is 34.4. The number of phosphoric acid groups is 1. The van der Waals surface area contributed by atoms with Crippen LogP contribution in [0.3, 0.4) is 0 Å². The number of quaternary nitrogens is 1. The molecule has 3 unspecified atom stereocenters. The lowest BCUT2D eigenvalue weighted by Gasteiger charge is -2.29. The van der Waals surface area contributed by atoms with Gasteiger partial charge in [0.25, 0.3) is 7.82 Å². The summed E-state index contributed by atoms with van der Waals surface area (Å²) in [5, 5.41) is 13.6. The zero-order valence-electron chi connectivity index (χ0n) is 30.3. The van der Waals surface area contributed by atoms with E-state index in [1.165, 1.54) is 83.5 Å². The number of unbranched alkanes of at least 4 members (excludes halogenated alkanes) is 15. The Morgan fingerprint density at radius 1 is 0.739 bits per heavy atom. The molecule has 8 nitrogen and oxygen atoms in total. The first-order valence-electron chi connectivity index (χ1n) is 18.4. The quantitative estimate of drug-likeness (QED) is 0.0321. The summed E-state index contributed by atoms with van der Waals surface area (Å²) in [5.74, 6) is -0.218. The highest BCUT2D eigenvalue weighted by molar-refractivity contribution is 7.45. The highest BCUT2D eigenvalue weighted by Crippen LogP contribution is 2.38. The molecule has 0 aromatic rings. The van der Waals surface area contributed by atoms with E-state index in [0.717, 1.165) is 38.5 Å². The van der Waals surface area contributed by atoms with Crippen LogP contribution >= 0.6 is 7.82 Å². The topological polar surface area (TPSA) is 108 Å². The van der Waals surface area contributed by atoms with Gasteiger partial charge in [-0.3, -0.25) is 9.36 Å². The first-order valence-corrected chi connectivity index (χ1v) is 19.8. The summed E-state index contributed by atoms with van der Waals surface area (Å²) in [6.45, 7) is 4.52. The number of hydrogen-bond acceptors (Lipinski definition) is 6. The number of aliphatic hydroxyl groups is 1. The van der Waals surface area contributed by atoms with E-state index in [1.54, 1.807) is 6.08 Å². The van der Waals surface area contributed by atoms with E-state index in [-0.39, 0.29) is 12.5 Å². The highest BCUT2D eigenvalue weighted by atomic mass is 31.2. The number of nitrogens with zero attached hydrogens (tertiary/aromatic N) is 1. The average molecular weight is 671 g/mol. The van der Waals surface area contributed by atoms with Crippen LogP contribution in [0.1, 0.15) is 142 Å². The number of amides is 1. The minimum absolute atomic E-state index is 0.00797. The van der Waals surface area contributed by atoms with Crippen molar-refractivity contribution in [2.24, 2.45) is 0 Å². The van der Waals surface area contributed by atoms with E-state index in [2.05, 4.69) is 43.5 Å². The molecular weight excluding hydrogens is 599 g/mol. The van der Waals surface area contributed by atoms with E-state index in [4.69, 9.17) is 9.05 Å². The molecule has 2 N–H and O–H groups in total. The second kappa shape index (κ2) is 29.8. The van der Waals surface area contributed by atoms with Crippen molar-refractivity contribution < 1.29 is 32.9 Å². The Balaban J connectivity index is 4.54. The number of allylic oxidation sites excluding steroid dienone is 5. The third-order valence-corrected chi connectivity index (χ3v) is 8.79. The lowest BCUT2D eigenvalue weighted by atomic mass is 10.1. The fourth-order valence-electron chi connectivity index (χ4n) is 4.81. The van der Waals surface area contributed by atoms with Gasteiger partial charge < -0.3 is 28.8 Å². The number of aliphatic hydroxyl groups excluding tert-OH is 1. The Bertz CT molecular complexity index is 855. The molecule has 0 aliphatic carbocycles. The smallest absolute Gasteiger partial charge is 0.268 e. The van der Waals surface area contributed by atoms with Crippen LogP contribution in [-0.2, 0) is 18.4 Å². The second-order valence-corrected chi connectivity index (χ2v) is 15.0. The first-order chi connectivity index (χ1) is 22.0. The van der Waals surface area contributed by atoms with Crippen LogP contribution < -0.4 is 10.2 Å². The number of carbonyl (C=O) groups is 1. The van der Waals surface area contributed by atoms with E-state index in [9.17, 15) is 19.4 Å². The maximum Gasteiger partial charge on any atom is 0.268 e. The molecule has 46 heavy (non-hydrogen) atoms. The summed E-state index contributed by atoms with van der Waals surface area (Å²) in [6, 6.07) is -0.900. The molecule has 0 rings (SSSR count). The lowest BCUT2D eigenvalue weighted by Crippen LogP contribution is -2.45. The Hall–Kier alpha value is -1.28. The van der Waals surface area contributed by atoms with Crippen LogP contribution in [0.15, 0.2) is 36.5 Å². The van der Waals surface area contributed by atoms with Gasteiger partial charge in [-0.25, -0.2) is 0 Å². The Morgan fingerprint density at radius 2 is 1.22 bits per heavy atom. The standard InChI is InChI=1S/C37H71N2O6P/c1-6-8-10-12-14-16-17-18-19-20-21-23-25-27-29-31-37(41)38-35(34-45-46(42,43)44-33-32-39(3,4)5)36(40)30-28-26-24-22-15-13-11-9-7-2/h15-17,22,28,30,35-36,40H,6-14,18-21,23-27,29,31-34H2,1-5H3,(H-,38,41,42,43)/b17-16-,22-15+,30-28+. The number of phosphoric ester groups is 1. The van der Waals surface area contributed by atoms with Gasteiger partial charge in [-0.05, 0) is 57.8 Å². The van der Waals surface area contributed by atoms with Crippen LogP contribution in [0.2, 0.25) is 0 Å². The van der Waals surface area contributed by atoms with Crippen LogP contribution in [0.25, 0.3) is 0 Å². The molecule has 3 atom stereocenters. The van der Waals surface area contributed by atoms with Crippen molar-refractivity contribution >= 4 is 13.7 Å². The number of rotatable bonds is 32. The molecule has 0 saturated carbocycles. The molecule has 0 fully saturated rings. The molecule has 0 saturated heterocycles. The Kier molecular flexibility index (Phi) is 29.0. The minimum atomic E-state index is -4.58. The molecule has 0 aliphatic rings.